The van der Waals surface area contributed by atoms with Crippen molar-refractivity contribution >= 4 is 11.9 Å². The molecule has 3 rings (SSSR count). The van der Waals surface area contributed by atoms with Gasteiger partial charge in [0.2, 0.25) is 0 Å². The molecule has 154 valence electrons. The number of aryl methyl sites for hydroxylation is 2. The number of methoxy groups -OCH3 is 2. The number of ether oxygens (including phenoxy) is 3. The minimum absolute atomic E-state index is 0.165. The molecular formula is C21H23NO7. The van der Waals surface area contributed by atoms with E-state index >= 15 is 0 Å². The van der Waals surface area contributed by atoms with Crippen LogP contribution in [0.4, 0.5) is 0 Å². The van der Waals surface area contributed by atoms with E-state index in [1.165, 1.54) is 13.0 Å². The molecule has 0 N–H and O–H groups in total. The Kier molecular flexibility index (Phi) is 5.91. The number of rotatable bonds is 5. The number of esters is 1. The number of carbonyl (C=O) groups is 2. The highest BCUT2D eigenvalue weighted by molar-refractivity contribution is 5.93. The van der Waals surface area contributed by atoms with Gasteiger partial charge in [0.05, 0.1) is 14.2 Å². The van der Waals surface area contributed by atoms with E-state index in [1.54, 1.807) is 26.0 Å². The number of benzene rings is 1. The molecule has 0 atom stereocenters. The van der Waals surface area contributed by atoms with Crippen LogP contribution < -0.4 is 15.1 Å². The fraction of sp³-hybridized carbons (Fsp3) is 0.381. The normalized spacial score (nSPS) is 12.9. The zero-order valence-corrected chi connectivity index (χ0v) is 16.9. The fourth-order valence-corrected chi connectivity index (χ4v) is 3.45. The van der Waals surface area contributed by atoms with Crippen molar-refractivity contribution in [2.24, 2.45) is 0 Å². The molecule has 0 fully saturated rings. The number of amides is 1. The van der Waals surface area contributed by atoms with Gasteiger partial charge in [-0.3, -0.25) is 4.79 Å². The molecule has 0 spiro atoms. The lowest BCUT2D eigenvalue weighted by Gasteiger charge is -2.29. The van der Waals surface area contributed by atoms with E-state index in [4.69, 9.17) is 18.6 Å². The summed E-state index contributed by atoms with van der Waals surface area (Å²) in [5, 5.41) is 0. The molecule has 1 aliphatic rings. The molecule has 0 bridgehead atoms. The number of carbonyl (C=O) groups excluding carboxylic acids is 2. The molecule has 0 saturated heterocycles. The molecule has 1 aliphatic heterocycles. The van der Waals surface area contributed by atoms with Gasteiger partial charge in [-0.1, -0.05) is 0 Å². The van der Waals surface area contributed by atoms with Crippen molar-refractivity contribution in [3.63, 3.8) is 0 Å². The summed E-state index contributed by atoms with van der Waals surface area (Å²) in [7, 11) is 3.14. The van der Waals surface area contributed by atoms with Crippen molar-refractivity contribution < 1.29 is 28.2 Å². The second-order valence-corrected chi connectivity index (χ2v) is 6.80. The summed E-state index contributed by atoms with van der Waals surface area (Å²) in [6.45, 7) is 3.64. The highest BCUT2D eigenvalue weighted by atomic mass is 16.5. The standard InChI is InChI=1S/C21H23NO7/c1-12-7-19(24)29-13(2)20(12)21(25)28-11-18(23)22-6-5-14-8-16(26-3)17(27-4)9-15(14)10-22/h7-9H,5-6,10-11H2,1-4H3. The van der Waals surface area contributed by atoms with Gasteiger partial charge in [-0.25, -0.2) is 9.59 Å². The van der Waals surface area contributed by atoms with Crippen LogP contribution in [0.15, 0.2) is 27.4 Å². The van der Waals surface area contributed by atoms with Crippen molar-refractivity contribution in [1.29, 1.82) is 0 Å². The summed E-state index contributed by atoms with van der Waals surface area (Å²) in [4.78, 5) is 37.9. The molecule has 1 aromatic heterocycles. The highest BCUT2D eigenvalue weighted by Crippen LogP contribution is 2.33. The first-order valence-corrected chi connectivity index (χ1v) is 9.14. The Hall–Kier alpha value is -3.29. The molecule has 8 heteroatoms. The number of hydrogen-bond acceptors (Lipinski definition) is 7. The first kappa shape index (κ1) is 20.4. The molecule has 0 saturated carbocycles. The average molecular weight is 401 g/mol. The molecular weight excluding hydrogens is 378 g/mol. The van der Waals surface area contributed by atoms with Crippen LogP contribution in [0.1, 0.15) is 32.8 Å². The molecule has 2 heterocycles. The van der Waals surface area contributed by atoms with Gasteiger partial charge in [-0.05, 0) is 49.1 Å². The van der Waals surface area contributed by atoms with Gasteiger partial charge in [-0.15, -0.1) is 0 Å². The molecule has 0 unspecified atom stereocenters. The van der Waals surface area contributed by atoms with Crippen molar-refractivity contribution in [3.05, 3.63) is 56.6 Å². The third-order valence-electron chi connectivity index (χ3n) is 4.94. The smallest absolute Gasteiger partial charge is 0.342 e. The Balaban J connectivity index is 1.67. The number of fused-ring (bicyclic) bond motifs is 1. The third kappa shape index (κ3) is 4.26. The van der Waals surface area contributed by atoms with Crippen LogP contribution >= 0.6 is 0 Å². The largest absolute Gasteiger partial charge is 0.493 e. The summed E-state index contributed by atoms with van der Waals surface area (Å²) < 4.78 is 20.8. The van der Waals surface area contributed by atoms with Crippen molar-refractivity contribution in [3.8, 4) is 11.5 Å². The summed E-state index contributed by atoms with van der Waals surface area (Å²) in [5.41, 5.74) is 2.13. The van der Waals surface area contributed by atoms with Gasteiger partial charge in [0, 0.05) is 19.2 Å². The van der Waals surface area contributed by atoms with E-state index in [1.807, 2.05) is 12.1 Å². The Morgan fingerprint density at radius 1 is 1.07 bits per heavy atom. The number of hydrogen-bond donors (Lipinski definition) is 0. The maximum atomic E-state index is 12.6. The second-order valence-electron chi connectivity index (χ2n) is 6.80. The lowest BCUT2D eigenvalue weighted by molar-refractivity contribution is -0.135. The van der Waals surface area contributed by atoms with Crippen molar-refractivity contribution in [2.75, 3.05) is 27.4 Å². The molecule has 1 amide bonds. The van der Waals surface area contributed by atoms with Gasteiger partial charge in [0.1, 0.15) is 11.3 Å². The first-order valence-electron chi connectivity index (χ1n) is 9.14. The van der Waals surface area contributed by atoms with Gasteiger partial charge in [-0.2, -0.15) is 0 Å². The summed E-state index contributed by atoms with van der Waals surface area (Å²) in [6.07, 6.45) is 0.664. The molecule has 0 radical (unpaired) electrons. The van der Waals surface area contributed by atoms with E-state index in [-0.39, 0.29) is 23.8 Å². The fourth-order valence-electron chi connectivity index (χ4n) is 3.45. The minimum atomic E-state index is -0.694. The number of nitrogens with zero attached hydrogens (tertiary/aromatic N) is 1. The van der Waals surface area contributed by atoms with Gasteiger partial charge in [0.25, 0.3) is 5.91 Å². The average Bonchev–Trinajstić information content (AvgIpc) is 2.69. The second kappa shape index (κ2) is 8.38. The Labute approximate surface area is 168 Å². The van der Waals surface area contributed by atoms with E-state index in [0.29, 0.717) is 36.6 Å². The van der Waals surface area contributed by atoms with Gasteiger partial charge in [0.15, 0.2) is 18.1 Å². The molecule has 0 aliphatic carbocycles. The monoisotopic (exact) mass is 401 g/mol. The topological polar surface area (TPSA) is 95.3 Å². The first-order chi connectivity index (χ1) is 13.8. The lowest BCUT2D eigenvalue weighted by atomic mass is 9.99. The maximum absolute atomic E-state index is 12.6. The predicted octanol–water partition coefficient (Wildman–Crippen LogP) is 2.02. The Morgan fingerprint density at radius 3 is 2.34 bits per heavy atom. The van der Waals surface area contributed by atoms with Crippen LogP contribution in [0.5, 0.6) is 11.5 Å². The summed E-state index contributed by atoms with van der Waals surface area (Å²) in [5.74, 6) is 0.427. The zero-order chi connectivity index (χ0) is 21.1. The van der Waals surface area contributed by atoms with Crippen LogP contribution in [0, 0.1) is 13.8 Å². The van der Waals surface area contributed by atoms with Crippen molar-refractivity contribution in [1.82, 2.24) is 4.90 Å². The zero-order valence-electron chi connectivity index (χ0n) is 16.9. The van der Waals surface area contributed by atoms with Crippen LogP contribution in [0.25, 0.3) is 0 Å². The van der Waals surface area contributed by atoms with Crippen LogP contribution in [-0.4, -0.2) is 44.1 Å². The molecule has 1 aromatic carbocycles. The molecule has 29 heavy (non-hydrogen) atoms. The van der Waals surface area contributed by atoms with Crippen LogP contribution in [-0.2, 0) is 22.5 Å². The Bertz CT molecular complexity index is 983. The molecule has 2 aromatic rings. The lowest BCUT2D eigenvalue weighted by Crippen LogP contribution is -2.38. The highest BCUT2D eigenvalue weighted by Gasteiger charge is 2.25. The summed E-state index contributed by atoms with van der Waals surface area (Å²) >= 11 is 0. The SMILES string of the molecule is COc1cc2c(cc1OC)CN(C(=O)COC(=O)c1c(C)cc(=O)oc1C)CC2. The van der Waals surface area contributed by atoms with E-state index in [9.17, 15) is 14.4 Å². The quantitative estimate of drug-likeness (QED) is 0.707. The van der Waals surface area contributed by atoms with E-state index in [0.717, 1.165) is 11.1 Å². The van der Waals surface area contributed by atoms with Crippen LogP contribution in [0.3, 0.4) is 0 Å². The van der Waals surface area contributed by atoms with Crippen LogP contribution in [0.2, 0.25) is 0 Å². The minimum Gasteiger partial charge on any atom is -0.493 e. The van der Waals surface area contributed by atoms with Gasteiger partial charge >= 0.3 is 11.6 Å². The predicted molar refractivity (Wildman–Crippen MR) is 103 cm³/mol. The van der Waals surface area contributed by atoms with Gasteiger partial charge < -0.3 is 23.5 Å². The third-order valence-corrected chi connectivity index (χ3v) is 4.94. The Morgan fingerprint density at radius 2 is 1.72 bits per heavy atom. The maximum Gasteiger partial charge on any atom is 0.342 e. The van der Waals surface area contributed by atoms with Crippen molar-refractivity contribution in [2.45, 2.75) is 26.8 Å². The molecule has 8 nitrogen and oxygen atoms in total. The van der Waals surface area contributed by atoms with E-state index < -0.39 is 11.6 Å². The van der Waals surface area contributed by atoms with E-state index in [2.05, 4.69) is 0 Å². The summed E-state index contributed by atoms with van der Waals surface area (Å²) in [6, 6.07) is 5.00.